The van der Waals surface area contributed by atoms with E-state index in [1.54, 1.807) is 14.0 Å². The summed E-state index contributed by atoms with van der Waals surface area (Å²) in [6.07, 6.45) is 0.239. The van der Waals surface area contributed by atoms with Crippen molar-refractivity contribution in [2.45, 2.75) is 19.4 Å². The van der Waals surface area contributed by atoms with Crippen molar-refractivity contribution in [3.05, 3.63) is 47.1 Å². The lowest BCUT2D eigenvalue weighted by molar-refractivity contribution is -0.117. The molecule has 3 aromatic rings. The van der Waals surface area contributed by atoms with E-state index in [1.165, 1.54) is 16.2 Å². The van der Waals surface area contributed by atoms with Gasteiger partial charge in [0.2, 0.25) is 12.2 Å². The van der Waals surface area contributed by atoms with Crippen molar-refractivity contribution in [2.24, 2.45) is 0 Å². The predicted molar refractivity (Wildman–Crippen MR) is 115 cm³/mol. The minimum absolute atomic E-state index is 0.0176. The van der Waals surface area contributed by atoms with Crippen molar-refractivity contribution < 1.29 is 19.4 Å². The standard InChI is InChI=1S/C22H21N3O4S/c1-3-29-22(28)21-23-18-10-12-30-20(18)19(24-21)16-6-4-5-15(13-16)7-8-17(27)9-11-25(2)14-26/h4-6,10,12-14,17,27H,3,9,11H2,1-2H3. The molecular weight excluding hydrogens is 402 g/mol. The van der Waals surface area contributed by atoms with Crippen LogP contribution in [0.1, 0.15) is 29.5 Å². The summed E-state index contributed by atoms with van der Waals surface area (Å²) in [6.45, 7) is 2.40. The Kier molecular flexibility index (Phi) is 7.12. The van der Waals surface area contributed by atoms with E-state index in [1.807, 2.05) is 35.7 Å². The van der Waals surface area contributed by atoms with Crippen molar-refractivity contribution in [3.8, 4) is 23.1 Å². The monoisotopic (exact) mass is 423 g/mol. The number of benzene rings is 1. The molecule has 1 atom stereocenters. The molecule has 30 heavy (non-hydrogen) atoms. The minimum atomic E-state index is -0.838. The second-order valence-corrected chi connectivity index (χ2v) is 7.41. The van der Waals surface area contributed by atoms with E-state index in [2.05, 4.69) is 21.8 Å². The highest BCUT2D eigenvalue weighted by Gasteiger charge is 2.17. The van der Waals surface area contributed by atoms with E-state index in [4.69, 9.17) is 4.74 Å². The summed E-state index contributed by atoms with van der Waals surface area (Å²) in [5.41, 5.74) is 2.81. The molecule has 1 unspecified atom stereocenters. The number of nitrogens with zero attached hydrogens (tertiary/aromatic N) is 3. The fraction of sp³-hybridized carbons (Fsp3) is 0.273. The number of esters is 1. The lowest BCUT2D eigenvalue weighted by atomic mass is 10.1. The first-order valence-electron chi connectivity index (χ1n) is 9.39. The summed E-state index contributed by atoms with van der Waals surface area (Å²) in [7, 11) is 1.65. The van der Waals surface area contributed by atoms with E-state index >= 15 is 0 Å². The molecule has 2 aromatic heterocycles. The van der Waals surface area contributed by atoms with Crippen LogP contribution in [0.5, 0.6) is 0 Å². The number of carbonyl (C=O) groups is 2. The van der Waals surface area contributed by atoms with Gasteiger partial charge in [0.05, 0.1) is 22.5 Å². The summed E-state index contributed by atoms with van der Waals surface area (Å²) in [4.78, 5) is 33.0. The Morgan fingerprint density at radius 3 is 2.97 bits per heavy atom. The molecule has 1 aromatic carbocycles. The number of thiophene rings is 1. The quantitative estimate of drug-likeness (QED) is 0.357. The molecule has 0 fully saturated rings. The van der Waals surface area contributed by atoms with Gasteiger partial charge in [-0.2, -0.15) is 0 Å². The molecule has 7 nitrogen and oxygen atoms in total. The van der Waals surface area contributed by atoms with Gasteiger partial charge in [0.25, 0.3) is 0 Å². The van der Waals surface area contributed by atoms with E-state index < -0.39 is 12.1 Å². The molecule has 0 aliphatic carbocycles. The number of rotatable bonds is 7. The first kappa shape index (κ1) is 21.4. The van der Waals surface area contributed by atoms with Crippen LogP contribution in [0.4, 0.5) is 0 Å². The average Bonchev–Trinajstić information content (AvgIpc) is 3.24. The van der Waals surface area contributed by atoms with Gasteiger partial charge in [-0.1, -0.05) is 24.0 Å². The second-order valence-electron chi connectivity index (χ2n) is 6.49. The molecule has 1 N–H and O–H groups in total. The third-order valence-electron chi connectivity index (χ3n) is 4.22. The summed E-state index contributed by atoms with van der Waals surface area (Å²) in [6, 6.07) is 9.26. The van der Waals surface area contributed by atoms with Gasteiger partial charge in [-0.15, -0.1) is 11.3 Å². The number of ether oxygens (including phenoxy) is 1. The van der Waals surface area contributed by atoms with Gasteiger partial charge in [0.15, 0.2) is 0 Å². The molecular formula is C22H21N3O4S. The number of hydrogen-bond acceptors (Lipinski definition) is 7. The summed E-state index contributed by atoms with van der Waals surface area (Å²) < 4.78 is 5.91. The highest BCUT2D eigenvalue weighted by atomic mass is 32.1. The zero-order chi connectivity index (χ0) is 21.5. The highest BCUT2D eigenvalue weighted by molar-refractivity contribution is 7.17. The molecule has 3 rings (SSSR count). The normalized spacial score (nSPS) is 11.4. The first-order chi connectivity index (χ1) is 14.5. The number of aliphatic hydroxyl groups excluding tert-OH is 1. The van der Waals surface area contributed by atoms with Gasteiger partial charge in [0, 0.05) is 31.1 Å². The van der Waals surface area contributed by atoms with E-state index in [9.17, 15) is 14.7 Å². The van der Waals surface area contributed by atoms with Crippen LogP contribution >= 0.6 is 11.3 Å². The van der Waals surface area contributed by atoms with Gasteiger partial charge in [-0.25, -0.2) is 14.8 Å². The van der Waals surface area contributed by atoms with Gasteiger partial charge in [-0.3, -0.25) is 4.79 Å². The van der Waals surface area contributed by atoms with Gasteiger partial charge < -0.3 is 14.7 Å². The van der Waals surface area contributed by atoms with Gasteiger partial charge >= 0.3 is 5.97 Å². The Balaban J connectivity index is 1.90. The van der Waals surface area contributed by atoms with Crippen molar-refractivity contribution in [3.63, 3.8) is 0 Å². The van der Waals surface area contributed by atoms with Crippen molar-refractivity contribution in [1.82, 2.24) is 14.9 Å². The molecule has 0 aliphatic rings. The highest BCUT2D eigenvalue weighted by Crippen LogP contribution is 2.30. The number of aromatic nitrogens is 2. The largest absolute Gasteiger partial charge is 0.460 e. The Bertz CT molecular complexity index is 1120. The van der Waals surface area contributed by atoms with Crippen LogP contribution in [-0.4, -0.2) is 58.7 Å². The Labute approximate surface area is 178 Å². The Morgan fingerprint density at radius 2 is 2.20 bits per heavy atom. The van der Waals surface area contributed by atoms with E-state index in [0.717, 1.165) is 10.3 Å². The van der Waals surface area contributed by atoms with Crippen LogP contribution in [0, 0.1) is 11.8 Å². The third kappa shape index (κ3) is 5.20. The minimum Gasteiger partial charge on any atom is -0.460 e. The molecule has 154 valence electrons. The Morgan fingerprint density at radius 1 is 1.37 bits per heavy atom. The number of fused-ring (bicyclic) bond motifs is 1. The topological polar surface area (TPSA) is 92.6 Å². The lowest BCUT2D eigenvalue weighted by Gasteiger charge is -2.10. The number of aliphatic hydroxyl groups is 1. The van der Waals surface area contributed by atoms with Crippen LogP contribution in [0.15, 0.2) is 35.7 Å². The fourth-order valence-electron chi connectivity index (χ4n) is 2.71. The Hall–Kier alpha value is -3.28. The SMILES string of the molecule is CCOC(=O)c1nc(-c2cccc(C#CC(O)CCN(C)C=O)c2)c2sccc2n1. The second kappa shape index (κ2) is 9.96. The third-order valence-corrected chi connectivity index (χ3v) is 5.13. The van der Waals surface area contributed by atoms with Gasteiger partial charge in [-0.05, 0) is 30.5 Å². The maximum absolute atomic E-state index is 12.2. The molecule has 0 spiro atoms. The summed E-state index contributed by atoms with van der Waals surface area (Å²) in [5.74, 6) is 5.21. The smallest absolute Gasteiger partial charge is 0.376 e. The average molecular weight is 423 g/mol. The molecule has 8 heteroatoms. The predicted octanol–water partition coefficient (Wildman–Crippen LogP) is 2.73. The lowest BCUT2D eigenvalue weighted by Crippen LogP contribution is -2.21. The molecule has 1 amide bonds. The maximum Gasteiger partial charge on any atom is 0.376 e. The summed E-state index contributed by atoms with van der Waals surface area (Å²) in [5, 5.41) is 11.9. The number of carbonyl (C=O) groups excluding carboxylic acids is 2. The molecule has 0 aliphatic heterocycles. The fourth-order valence-corrected chi connectivity index (χ4v) is 3.55. The van der Waals surface area contributed by atoms with E-state index in [0.29, 0.717) is 36.1 Å². The maximum atomic E-state index is 12.2. The summed E-state index contributed by atoms with van der Waals surface area (Å²) >= 11 is 1.49. The van der Waals surface area contributed by atoms with Crippen LogP contribution in [-0.2, 0) is 9.53 Å². The number of amides is 1. The molecule has 0 bridgehead atoms. The molecule has 0 saturated carbocycles. The van der Waals surface area contributed by atoms with Crippen molar-refractivity contribution >= 4 is 33.9 Å². The van der Waals surface area contributed by atoms with Crippen molar-refractivity contribution in [2.75, 3.05) is 20.2 Å². The van der Waals surface area contributed by atoms with Crippen LogP contribution in [0.2, 0.25) is 0 Å². The zero-order valence-corrected chi connectivity index (χ0v) is 17.5. The zero-order valence-electron chi connectivity index (χ0n) is 16.7. The number of hydrogen-bond donors (Lipinski definition) is 1. The first-order valence-corrected chi connectivity index (χ1v) is 10.3. The van der Waals surface area contributed by atoms with E-state index in [-0.39, 0.29) is 12.4 Å². The van der Waals surface area contributed by atoms with Crippen LogP contribution in [0.3, 0.4) is 0 Å². The van der Waals surface area contributed by atoms with Crippen molar-refractivity contribution in [1.29, 1.82) is 0 Å². The molecule has 0 radical (unpaired) electrons. The van der Waals surface area contributed by atoms with Crippen LogP contribution < -0.4 is 0 Å². The van der Waals surface area contributed by atoms with Crippen LogP contribution in [0.25, 0.3) is 21.5 Å². The van der Waals surface area contributed by atoms with Gasteiger partial charge in [0.1, 0.15) is 6.10 Å². The molecule has 0 saturated heterocycles. The molecule has 2 heterocycles.